The Balaban J connectivity index is 3.26. The van der Waals surface area contributed by atoms with Crippen LogP contribution in [0.25, 0.3) is 0 Å². The molecule has 0 rings (SSSR count). The SMILES string of the molecule is CN(CCOCCOCCOS(C)(=O)=O)CCC(=O)O. The van der Waals surface area contributed by atoms with Crippen molar-refractivity contribution in [1.29, 1.82) is 0 Å². The summed E-state index contributed by atoms with van der Waals surface area (Å²) in [7, 11) is -1.58. The molecule has 0 saturated carbocycles. The number of nitrogens with zero attached hydrogens (tertiary/aromatic N) is 1. The predicted molar refractivity (Wildman–Crippen MR) is 72.2 cm³/mol. The van der Waals surface area contributed by atoms with E-state index in [1.165, 1.54) is 0 Å². The molecule has 1 N–H and O–H groups in total. The largest absolute Gasteiger partial charge is 0.481 e. The van der Waals surface area contributed by atoms with Crippen molar-refractivity contribution >= 4 is 16.1 Å². The third-order valence-electron chi connectivity index (χ3n) is 2.22. The number of hydrogen-bond donors (Lipinski definition) is 1. The van der Waals surface area contributed by atoms with Crippen LogP contribution in [0.4, 0.5) is 0 Å². The maximum atomic E-state index is 10.6. The lowest BCUT2D eigenvalue weighted by molar-refractivity contribution is -0.137. The first-order valence-corrected chi connectivity index (χ1v) is 8.03. The van der Waals surface area contributed by atoms with Crippen LogP contribution in [0.3, 0.4) is 0 Å². The fraction of sp³-hybridized carbons (Fsp3) is 0.909. The Morgan fingerprint density at radius 2 is 1.60 bits per heavy atom. The maximum absolute atomic E-state index is 10.6. The number of rotatable bonds is 13. The zero-order valence-corrected chi connectivity index (χ0v) is 12.7. The second-order valence-electron chi connectivity index (χ2n) is 4.20. The minimum Gasteiger partial charge on any atom is -0.481 e. The van der Waals surface area contributed by atoms with Gasteiger partial charge in [-0.3, -0.25) is 8.98 Å². The van der Waals surface area contributed by atoms with E-state index in [0.717, 1.165) is 6.26 Å². The summed E-state index contributed by atoms with van der Waals surface area (Å²) in [4.78, 5) is 12.2. The predicted octanol–water partition coefficient (Wildman–Crippen LogP) is -0.598. The molecule has 0 unspecified atom stereocenters. The first kappa shape index (κ1) is 19.3. The molecule has 8 nitrogen and oxygen atoms in total. The van der Waals surface area contributed by atoms with Crippen LogP contribution in [0.2, 0.25) is 0 Å². The van der Waals surface area contributed by atoms with Crippen molar-refractivity contribution in [2.75, 3.05) is 59.4 Å². The lowest BCUT2D eigenvalue weighted by Gasteiger charge is -2.15. The van der Waals surface area contributed by atoms with Gasteiger partial charge in [0.25, 0.3) is 10.1 Å². The topological polar surface area (TPSA) is 102 Å². The van der Waals surface area contributed by atoms with Crippen molar-refractivity contribution in [3.8, 4) is 0 Å². The lowest BCUT2D eigenvalue weighted by Crippen LogP contribution is -2.26. The van der Waals surface area contributed by atoms with Crippen molar-refractivity contribution in [3.63, 3.8) is 0 Å². The number of ether oxygens (including phenoxy) is 2. The quantitative estimate of drug-likeness (QED) is 0.355. The van der Waals surface area contributed by atoms with E-state index in [2.05, 4.69) is 4.18 Å². The lowest BCUT2D eigenvalue weighted by atomic mass is 10.4. The number of carbonyl (C=O) groups is 1. The van der Waals surface area contributed by atoms with Crippen LogP contribution in [0, 0.1) is 0 Å². The summed E-state index contributed by atoms with van der Waals surface area (Å²) in [5, 5.41) is 8.50. The molecule has 0 aromatic rings. The van der Waals surface area contributed by atoms with Gasteiger partial charge in [0, 0.05) is 13.1 Å². The van der Waals surface area contributed by atoms with E-state index in [9.17, 15) is 13.2 Å². The highest BCUT2D eigenvalue weighted by atomic mass is 32.2. The molecule has 0 bridgehead atoms. The first-order chi connectivity index (χ1) is 9.31. The van der Waals surface area contributed by atoms with Gasteiger partial charge in [-0.25, -0.2) is 0 Å². The van der Waals surface area contributed by atoms with Crippen molar-refractivity contribution < 1.29 is 32.0 Å². The Labute approximate surface area is 119 Å². The van der Waals surface area contributed by atoms with Gasteiger partial charge in [-0.15, -0.1) is 0 Å². The summed E-state index contributed by atoms with van der Waals surface area (Å²) in [6.45, 7) is 2.55. The smallest absolute Gasteiger partial charge is 0.304 e. The summed E-state index contributed by atoms with van der Waals surface area (Å²) in [5.74, 6) is -0.817. The van der Waals surface area contributed by atoms with E-state index in [4.69, 9.17) is 14.6 Å². The molecule has 0 atom stereocenters. The molecule has 0 fully saturated rings. The van der Waals surface area contributed by atoms with Gasteiger partial charge in [-0.05, 0) is 7.05 Å². The molecule has 0 heterocycles. The van der Waals surface area contributed by atoms with Crippen LogP contribution in [0.15, 0.2) is 0 Å². The highest BCUT2D eigenvalue weighted by Crippen LogP contribution is 1.89. The number of aliphatic carboxylic acids is 1. The van der Waals surface area contributed by atoms with Gasteiger partial charge in [-0.2, -0.15) is 8.42 Å². The summed E-state index contributed by atoms with van der Waals surface area (Å²) in [5.41, 5.74) is 0. The van der Waals surface area contributed by atoms with E-state index in [0.29, 0.717) is 32.9 Å². The molecule has 0 spiro atoms. The van der Waals surface area contributed by atoms with Gasteiger partial charge in [0.1, 0.15) is 0 Å². The Bertz CT molecular complexity index is 358. The average Bonchev–Trinajstić information content (AvgIpc) is 2.33. The Kier molecular flexibility index (Phi) is 10.6. The van der Waals surface area contributed by atoms with Gasteiger partial charge in [0.05, 0.1) is 45.7 Å². The van der Waals surface area contributed by atoms with Crippen LogP contribution in [-0.2, 0) is 28.6 Å². The summed E-state index contributed by atoms with van der Waals surface area (Å²) in [6.07, 6.45) is 1.09. The minimum atomic E-state index is -3.41. The molecule has 0 aliphatic carbocycles. The van der Waals surface area contributed by atoms with Crippen molar-refractivity contribution in [2.45, 2.75) is 6.42 Å². The molecular weight excluding hydrogens is 290 g/mol. The third-order valence-corrected chi connectivity index (χ3v) is 2.82. The zero-order chi connectivity index (χ0) is 15.4. The molecular formula is C11H23NO7S. The highest BCUT2D eigenvalue weighted by molar-refractivity contribution is 7.85. The Morgan fingerprint density at radius 3 is 2.15 bits per heavy atom. The highest BCUT2D eigenvalue weighted by Gasteiger charge is 2.02. The molecule has 0 aromatic heterocycles. The van der Waals surface area contributed by atoms with Crippen LogP contribution < -0.4 is 0 Å². The van der Waals surface area contributed by atoms with Gasteiger partial charge in [0.15, 0.2) is 0 Å². The molecule has 0 radical (unpaired) electrons. The Hall–Kier alpha value is -0.740. The molecule has 20 heavy (non-hydrogen) atoms. The second kappa shape index (κ2) is 11.0. The number of hydrogen-bond acceptors (Lipinski definition) is 7. The monoisotopic (exact) mass is 313 g/mol. The summed E-state index contributed by atoms with van der Waals surface area (Å²) < 4.78 is 36.1. The molecule has 0 saturated heterocycles. The number of carboxylic acids is 1. The van der Waals surface area contributed by atoms with Crippen LogP contribution >= 0.6 is 0 Å². The standard InChI is InChI=1S/C11H23NO7S/c1-12(4-3-11(13)14)5-6-17-7-8-18-9-10-19-20(2,15)16/h3-10H2,1-2H3,(H,13,14). The van der Waals surface area contributed by atoms with E-state index in [1.54, 1.807) is 0 Å². The second-order valence-corrected chi connectivity index (χ2v) is 5.84. The summed E-state index contributed by atoms with van der Waals surface area (Å²) in [6, 6.07) is 0. The number of likely N-dealkylation sites (N-methyl/N-ethyl adjacent to an activating group) is 1. The molecule has 9 heteroatoms. The van der Waals surface area contributed by atoms with Gasteiger partial charge >= 0.3 is 5.97 Å². The first-order valence-electron chi connectivity index (χ1n) is 6.21. The van der Waals surface area contributed by atoms with Crippen molar-refractivity contribution in [2.24, 2.45) is 0 Å². The molecule has 0 amide bonds. The molecule has 0 aliphatic heterocycles. The summed E-state index contributed by atoms with van der Waals surface area (Å²) >= 11 is 0. The maximum Gasteiger partial charge on any atom is 0.304 e. The van der Waals surface area contributed by atoms with Crippen LogP contribution in [0.5, 0.6) is 0 Å². The van der Waals surface area contributed by atoms with Crippen LogP contribution in [0.1, 0.15) is 6.42 Å². The van der Waals surface area contributed by atoms with Gasteiger partial charge in [0.2, 0.25) is 0 Å². The van der Waals surface area contributed by atoms with E-state index >= 15 is 0 Å². The van der Waals surface area contributed by atoms with Crippen molar-refractivity contribution in [1.82, 2.24) is 4.90 Å². The third kappa shape index (κ3) is 15.3. The van der Waals surface area contributed by atoms with E-state index < -0.39 is 16.1 Å². The average molecular weight is 313 g/mol. The number of carboxylic acid groups (broad SMARTS) is 1. The molecule has 0 aromatic carbocycles. The fourth-order valence-electron chi connectivity index (χ4n) is 1.18. The molecule has 120 valence electrons. The zero-order valence-electron chi connectivity index (χ0n) is 11.9. The van der Waals surface area contributed by atoms with Crippen LogP contribution in [-0.4, -0.2) is 83.8 Å². The fourth-order valence-corrected chi connectivity index (χ4v) is 1.56. The van der Waals surface area contributed by atoms with Gasteiger partial charge < -0.3 is 19.5 Å². The van der Waals surface area contributed by atoms with Gasteiger partial charge in [-0.1, -0.05) is 0 Å². The molecule has 0 aliphatic rings. The van der Waals surface area contributed by atoms with E-state index in [1.807, 2.05) is 11.9 Å². The normalized spacial score (nSPS) is 11.9. The minimum absolute atomic E-state index is 0.00321. The van der Waals surface area contributed by atoms with E-state index in [-0.39, 0.29) is 19.6 Å². The Morgan fingerprint density at radius 1 is 1.05 bits per heavy atom. The van der Waals surface area contributed by atoms with Crippen molar-refractivity contribution in [3.05, 3.63) is 0 Å².